The predicted octanol–water partition coefficient (Wildman–Crippen LogP) is 3.47. The van der Waals surface area contributed by atoms with E-state index < -0.39 is 24.2 Å². The average molecular weight is 454 g/mol. The summed E-state index contributed by atoms with van der Waals surface area (Å²) >= 11 is 0. The first-order valence-corrected chi connectivity index (χ1v) is 10.3. The Morgan fingerprint density at radius 3 is 2.75 bits per heavy atom. The number of halogens is 3. The van der Waals surface area contributed by atoms with Crippen molar-refractivity contribution >= 4 is 11.7 Å². The van der Waals surface area contributed by atoms with Crippen molar-refractivity contribution in [2.24, 2.45) is 0 Å². The van der Waals surface area contributed by atoms with Crippen LogP contribution in [0.5, 0.6) is 11.5 Å². The highest BCUT2D eigenvalue weighted by atomic mass is 19.4. The zero-order chi connectivity index (χ0) is 22.9. The number of amides is 1. The third-order valence-electron chi connectivity index (χ3n) is 5.81. The molecule has 0 radical (unpaired) electrons. The van der Waals surface area contributed by atoms with Gasteiger partial charge < -0.3 is 24.8 Å². The minimum Gasteiger partial charge on any atom is -0.493 e. The monoisotopic (exact) mass is 454 g/mol. The van der Waals surface area contributed by atoms with E-state index in [1.807, 2.05) is 0 Å². The Bertz CT molecular complexity index is 972. The van der Waals surface area contributed by atoms with Gasteiger partial charge in [0.15, 0.2) is 17.5 Å². The SMILES string of the molecule is COc1ccc([C@H]2C[C@@H](C(F)(F)F)n3ncc(C(=O)NC[C@@H]4CCCO4)c3N2)cc1OC. The molecular weight excluding hydrogens is 429 g/mol. The zero-order valence-electron chi connectivity index (χ0n) is 17.7. The van der Waals surface area contributed by atoms with Gasteiger partial charge in [-0.25, -0.2) is 4.68 Å². The number of anilines is 1. The summed E-state index contributed by atoms with van der Waals surface area (Å²) < 4.78 is 58.5. The molecular formula is C21H25F3N4O4. The minimum atomic E-state index is -4.54. The van der Waals surface area contributed by atoms with E-state index in [0.29, 0.717) is 30.2 Å². The van der Waals surface area contributed by atoms with E-state index >= 15 is 0 Å². The molecule has 3 atom stereocenters. The number of rotatable bonds is 6. The zero-order valence-corrected chi connectivity index (χ0v) is 17.7. The molecule has 32 heavy (non-hydrogen) atoms. The molecule has 2 aliphatic rings. The second kappa shape index (κ2) is 8.89. The molecule has 0 spiro atoms. The van der Waals surface area contributed by atoms with E-state index in [2.05, 4.69) is 15.7 Å². The third kappa shape index (κ3) is 4.34. The summed E-state index contributed by atoms with van der Waals surface area (Å²) in [6, 6.07) is 2.36. The molecule has 174 valence electrons. The number of carbonyl (C=O) groups excluding carboxylic acids is 1. The van der Waals surface area contributed by atoms with Crippen LogP contribution in [0.4, 0.5) is 19.0 Å². The number of nitrogens with zero attached hydrogens (tertiary/aromatic N) is 2. The van der Waals surface area contributed by atoms with Gasteiger partial charge in [-0.05, 0) is 30.5 Å². The molecule has 1 aromatic heterocycles. The molecule has 8 nitrogen and oxygen atoms in total. The van der Waals surface area contributed by atoms with Gasteiger partial charge in [0.2, 0.25) is 0 Å². The number of nitrogens with one attached hydrogen (secondary N) is 2. The van der Waals surface area contributed by atoms with Crippen LogP contribution in [0, 0.1) is 0 Å². The summed E-state index contributed by atoms with van der Waals surface area (Å²) in [6.45, 7) is 0.941. The number of hydrogen-bond acceptors (Lipinski definition) is 6. The second-order valence-electron chi connectivity index (χ2n) is 7.80. The van der Waals surface area contributed by atoms with Crippen LogP contribution in [-0.2, 0) is 4.74 Å². The van der Waals surface area contributed by atoms with E-state index in [-0.39, 0.29) is 23.9 Å². The molecule has 11 heteroatoms. The lowest BCUT2D eigenvalue weighted by molar-refractivity contribution is -0.173. The summed E-state index contributed by atoms with van der Waals surface area (Å²) in [5.74, 6) is 0.411. The first-order chi connectivity index (χ1) is 15.3. The van der Waals surface area contributed by atoms with Crippen LogP contribution in [0.15, 0.2) is 24.4 Å². The number of alkyl halides is 3. The number of fused-ring (bicyclic) bond motifs is 1. The van der Waals surface area contributed by atoms with Gasteiger partial charge in [-0.1, -0.05) is 6.07 Å². The maximum Gasteiger partial charge on any atom is 0.410 e. The summed E-state index contributed by atoms with van der Waals surface area (Å²) in [5, 5.41) is 9.71. The van der Waals surface area contributed by atoms with Crippen molar-refractivity contribution in [3.8, 4) is 11.5 Å². The largest absolute Gasteiger partial charge is 0.493 e. The van der Waals surface area contributed by atoms with Crippen LogP contribution < -0.4 is 20.1 Å². The van der Waals surface area contributed by atoms with Crippen molar-refractivity contribution < 1.29 is 32.2 Å². The lowest BCUT2D eigenvalue weighted by Crippen LogP contribution is -2.37. The van der Waals surface area contributed by atoms with E-state index in [0.717, 1.165) is 17.5 Å². The fourth-order valence-corrected chi connectivity index (χ4v) is 4.12. The predicted molar refractivity (Wildman–Crippen MR) is 109 cm³/mol. The topological polar surface area (TPSA) is 86.6 Å². The number of carbonyl (C=O) groups is 1. The third-order valence-corrected chi connectivity index (χ3v) is 5.81. The van der Waals surface area contributed by atoms with Gasteiger partial charge in [0.25, 0.3) is 5.91 Å². The van der Waals surface area contributed by atoms with Gasteiger partial charge in [0, 0.05) is 19.6 Å². The van der Waals surface area contributed by atoms with Crippen molar-refractivity contribution in [1.29, 1.82) is 0 Å². The number of ether oxygens (including phenoxy) is 3. The van der Waals surface area contributed by atoms with Gasteiger partial charge in [0.1, 0.15) is 11.4 Å². The van der Waals surface area contributed by atoms with E-state index in [9.17, 15) is 18.0 Å². The molecule has 0 aliphatic carbocycles. The van der Waals surface area contributed by atoms with Crippen LogP contribution in [-0.4, -0.2) is 55.3 Å². The number of methoxy groups -OCH3 is 2. The lowest BCUT2D eigenvalue weighted by atomic mass is 9.96. The Balaban J connectivity index is 1.63. The summed E-state index contributed by atoms with van der Waals surface area (Å²) in [4.78, 5) is 12.7. The van der Waals surface area contributed by atoms with Gasteiger partial charge in [0.05, 0.1) is 32.6 Å². The molecule has 0 saturated carbocycles. The molecule has 1 saturated heterocycles. The Morgan fingerprint density at radius 2 is 2.09 bits per heavy atom. The van der Waals surface area contributed by atoms with Crippen LogP contribution in [0.25, 0.3) is 0 Å². The first kappa shape index (κ1) is 22.3. The quantitative estimate of drug-likeness (QED) is 0.695. The maximum absolute atomic E-state index is 13.9. The van der Waals surface area contributed by atoms with Crippen molar-refractivity contribution in [3.63, 3.8) is 0 Å². The molecule has 1 fully saturated rings. The Kier molecular flexibility index (Phi) is 6.18. The molecule has 1 amide bonds. The molecule has 4 rings (SSSR count). The van der Waals surface area contributed by atoms with Crippen molar-refractivity contribution in [2.75, 3.05) is 32.7 Å². The smallest absolute Gasteiger partial charge is 0.410 e. The highest BCUT2D eigenvalue weighted by Gasteiger charge is 2.47. The number of benzene rings is 1. The van der Waals surface area contributed by atoms with Gasteiger partial charge in [-0.15, -0.1) is 0 Å². The molecule has 0 bridgehead atoms. The van der Waals surface area contributed by atoms with Crippen LogP contribution in [0.2, 0.25) is 0 Å². The average Bonchev–Trinajstić information content (AvgIpc) is 3.45. The van der Waals surface area contributed by atoms with Gasteiger partial charge in [-0.3, -0.25) is 4.79 Å². The van der Waals surface area contributed by atoms with Crippen LogP contribution in [0.3, 0.4) is 0 Å². The Labute approximate surface area is 183 Å². The summed E-state index contributed by atoms with van der Waals surface area (Å²) in [6.07, 6.45) is -1.98. The van der Waals surface area contributed by atoms with E-state index in [4.69, 9.17) is 14.2 Å². The number of hydrogen-bond donors (Lipinski definition) is 2. The van der Waals surface area contributed by atoms with E-state index in [1.54, 1.807) is 18.2 Å². The lowest BCUT2D eigenvalue weighted by Gasteiger charge is -2.34. The highest BCUT2D eigenvalue weighted by Crippen LogP contribution is 2.45. The fourth-order valence-electron chi connectivity index (χ4n) is 4.12. The number of aromatic nitrogens is 2. The van der Waals surface area contributed by atoms with Crippen LogP contribution in [0.1, 0.15) is 47.3 Å². The van der Waals surface area contributed by atoms with Gasteiger partial charge >= 0.3 is 6.18 Å². The van der Waals surface area contributed by atoms with Crippen molar-refractivity contribution in [1.82, 2.24) is 15.1 Å². The second-order valence-corrected chi connectivity index (χ2v) is 7.80. The van der Waals surface area contributed by atoms with E-state index in [1.165, 1.54) is 20.4 Å². The van der Waals surface area contributed by atoms with Crippen molar-refractivity contribution in [3.05, 3.63) is 35.5 Å². The molecule has 1 aromatic carbocycles. The Morgan fingerprint density at radius 1 is 1.31 bits per heavy atom. The fraction of sp³-hybridized carbons (Fsp3) is 0.524. The molecule has 2 aromatic rings. The Hall–Kier alpha value is -2.95. The molecule has 3 heterocycles. The normalized spacial score (nSPS) is 22.7. The van der Waals surface area contributed by atoms with Crippen molar-refractivity contribution in [2.45, 2.75) is 43.6 Å². The molecule has 0 unspecified atom stereocenters. The maximum atomic E-state index is 13.9. The summed E-state index contributed by atoms with van der Waals surface area (Å²) in [5.41, 5.74) is 0.637. The summed E-state index contributed by atoms with van der Waals surface area (Å²) in [7, 11) is 2.94. The van der Waals surface area contributed by atoms with Gasteiger partial charge in [-0.2, -0.15) is 18.3 Å². The van der Waals surface area contributed by atoms with Crippen LogP contribution >= 0.6 is 0 Å². The molecule has 2 N–H and O–H groups in total. The standard InChI is InChI=1S/C21H25F3N4O4/c1-30-16-6-5-12(8-17(16)31-2)15-9-18(21(22,23)24)28-19(27-15)14(11-26-28)20(29)25-10-13-4-3-7-32-13/h5-6,8,11,13,15,18,27H,3-4,7,9-10H2,1-2H3,(H,25,29)/t13-,15+,18-/m0/s1. The minimum absolute atomic E-state index is 0.0307. The molecule has 2 aliphatic heterocycles. The highest BCUT2D eigenvalue weighted by molar-refractivity contribution is 5.98. The first-order valence-electron chi connectivity index (χ1n) is 10.3.